The van der Waals surface area contributed by atoms with Gasteiger partial charge in [0.15, 0.2) is 0 Å². The maximum Gasteiger partial charge on any atom is 0.0492 e. The second kappa shape index (κ2) is 4.80. The van der Waals surface area contributed by atoms with Gasteiger partial charge >= 0.3 is 0 Å². The van der Waals surface area contributed by atoms with Gasteiger partial charge < -0.3 is 0 Å². The molecular formula is C10H17BrN2. The summed E-state index contributed by atoms with van der Waals surface area (Å²) in [5, 5.41) is 4.26. The zero-order valence-electron chi connectivity index (χ0n) is 8.50. The van der Waals surface area contributed by atoms with E-state index in [0.29, 0.717) is 10.7 Å². The van der Waals surface area contributed by atoms with Crippen molar-refractivity contribution in [3.05, 3.63) is 18.0 Å². The summed E-state index contributed by atoms with van der Waals surface area (Å²) in [6.07, 6.45) is 3.04. The van der Waals surface area contributed by atoms with Crippen LogP contribution in [0.25, 0.3) is 0 Å². The van der Waals surface area contributed by atoms with Crippen molar-refractivity contribution in [2.24, 2.45) is 0 Å². The van der Waals surface area contributed by atoms with Gasteiger partial charge in [0.25, 0.3) is 0 Å². The van der Waals surface area contributed by atoms with Crippen LogP contribution in [0.2, 0.25) is 0 Å². The van der Waals surface area contributed by atoms with Gasteiger partial charge in [0.2, 0.25) is 0 Å². The van der Waals surface area contributed by atoms with E-state index < -0.39 is 0 Å². The fourth-order valence-electron chi connectivity index (χ4n) is 1.63. The summed E-state index contributed by atoms with van der Waals surface area (Å²) in [4.78, 5) is 0.572. The molecule has 0 fully saturated rings. The molecule has 0 aliphatic heterocycles. The maximum atomic E-state index is 4.26. The standard InChI is InChI=1S/C10H17BrN2/c1-4-13-10(5-6-12-13)8(2)7-9(3)11/h5-6,8-9H,4,7H2,1-3H3. The minimum absolute atomic E-state index is 0.572. The molecule has 0 saturated heterocycles. The number of halogens is 1. The average Bonchev–Trinajstić information content (AvgIpc) is 2.49. The molecule has 1 aromatic heterocycles. The van der Waals surface area contributed by atoms with E-state index in [1.54, 1.807) is 0 Å². The Morgan fingerprint density at radius 1 is 1.54 bits per heavy atom. The Bertz CT molecular complexity index is 255. The summed E-state index contributed by atoms with van der Waals surface area (Å²) in [6, 6.07) is 2.11. The Morgan fingerprint density at radius 3 is 2.77 bits per heavy atom. The number of aryl methyl sites for hydroxylation is 1. The van der Waals surface area contributed by atoms with Crippen molar-refractivity contribution in [1.82, 2.24) is 9.78 Å². The summed E-state index contributed by atoms with van der Waals surface area (Å²) in [7, 11) is 0. The summed E-state index contributed by atoms with van der Waals surface area (Å²) < 4.78 is 2.07. The van der Waals surface area contributed by atoms with Crippen molar-refractivity contribution in [3.8, 4) is 0 Å². The van der Waals surface area contributed by atoms with Gasteiger partial charge in [-0.05, 0) is 25.3 Å². The van der Waals surface area contributed by atoms with E-state index in [9.17, 15) is 0 Å². The molecule has 1 aromatic rings. The first kappa shape index (κ1) is 10.8. The smallest absolute Gasteiger partial charge is 0.0492 e. The molecule has 0 bridgehead atoms. The van der Waals surface area contributed by atoms with Crippen LogP contribution in [0, 0.1) is 0 Å². The van der Waals surface area contributed by atoms with Gasteiger partial charge in [-0.25, -0.2) is 0 Å². The van der Waals surface area contributed by atoms with Crippen LogP contribution in [0.15, 0.2) is 12.3 Å². The Morgan fingerprint density at radius 2 is 2.23 bits per heavy atom. The molecule has 0 saturated carbocycles. The molecule has 0 aliphatic carbocycles. The molecule has 0 aromatic carbocycles. The van der Waals surface area contributed by atoms with Crippen molar-refractivity contribution < 1.29 is 0 Å². The molecule has 2 nitrogen and oxygen atoms in total. The van der Waals surface area contributed by atoms with E-state index in [4.69, 9.17) is 0 Å². The molecule has 1 heterocycles. The maximum absolute atomic E-state index is 4.26. The molecular weight excluding hydrogens is 228 g/mol. The molecule has 3 heteroatoms. The molecule has 0 N–H and O–H groups in total. The van der Waals surface area contributed by atoms with Crippen LogP contribution in [0.1, 0.15) is 38.8 Å². The first-order chi connectivity index (χ1) is 6.15. The quantitative estimate of drug-likeness (QED) is 0.745. The lowest BCUT2D eigenvalue weighted by atomic mass is 10.0. The number of hydrogen-bond acceptors (Lipinski definition) is 1. The van der Waals surface area contributed by atoms with Crippen molar-refractivity contribution in [2.45, 2.75) is 44.5 Å². The first-order valence-corrected chi connectivity index (χ1v) is 5.72. The third-order valence-corrected chi connectivity index (χ3v) is 2.61. The number of rotatable bonds is 4. The lowest BCUT2D eigenvalue weighted by Gasteiger charge is -2.14. The zero-order chi connectivity index (χ0) is 9.84. The number of aromatic nitrogens is 2. The highest BCUT2D eigenvalue weighted by molar-refractivity contribution is 9.09. The fourth-order valence-corrected chi connectivity index (χ4v) is 2.19. The minimum Gasteiger partial charge on any atom is -0.270 e. The monoisotopic (exact) mass is 244 g/mol. The zero-order valence-corrected chi connectivity index (χ0v) is 10.1. The lowest BCUT2D eigenvalue weighted by Crippen LogP contribution is -2.08. The van der Waals surface area contributed by atoms with Crippen LogP contribution in [0.5, 0.6) is 0 Å². The van der Waals surface area contributed by atoms with Crippen molar-refractivity contribution >= 4 is 15.9 Å². The van der Waals surface area contributed by atoms with Gasteiger partial charge in [-0.1, -0.05) is 29.8 Å². The van der Waals surface area contributed by atoms with Gasteiger partial charge in [0.1, 0.15) is 0 Å². The summed E-state index contributed by atoms with van der Waals surface area (Å²) in [6.45, 7) is 7.52. The van der Waals surface area contributed by atoms with Crippen molar-refractivity contribution in [3.63, 3.8) is 0 Å². The lowest BCUT2D eigenvalue weighted by molar-refractivity contribution is 0.561. The van der Waals surface area contributed by atoms with E-state index in [-0.39, 0.29) is 0 Å². The van der Waals surface area contributed by atoms with E-state index in [2.05, 4.69) is 52.5 Å². The van der Waals surface area contributed by atoms with Crippen LogP contribution >= 0.6 is 15.9 Å². The van der Waals surface area contributed by atoms with Gasteiger partial charge in [-0.15, -0.1) is 0 Å². The number of nitrogens with zero attached hydrogens (tertiary/aromatic N) is 2. The van der Waals surface area contributed by atoms with E-state index in [0.717, 1.165) is 13.0 Å². The SMILES string of the molecule is CCn1nccc1C(C)CC(C)Br. The molecule has 0 aliphatic rings. The summed E-state index contributed by atoms with van der Waals surface area (Å²) >= 11 is 3.58. The molecule has 13 heavy (non-hydrogen) atoms. The largest absolute Gasteiger partial charge is 0.270 e. The normalized spacial score (nSPS) is 15.7. The van der Waals surface area contributed by atoms with Crippen molar-refractivity contribution in [2.75, 3.05) is 0 Å². The number of hydrogen-bond donors (Lipinski definition) is 0. The third kappa shape index (κ3) is 2.83. The van der Waals surface area contributed by atoms with Crippen LogP contribution in [-0.2, 0) is 6.54 Å². The molecule has 0 amide bonds. The molecule has 74 valence electrons. The van der Waals surface area contributed by atoms with Gasteiger partial charge in [-0.3, -0.25) is 4.68 Å². The Labute approximate surface area is 88.5 Å². The average molecular weight is 245 g/mol. The molecule has 0 radical (unpaired) electrons. The molecule has 0 spiro atoms. The second-order valence-electron chi connectivity index (χ2n) is 3.49. The Hall–Kier alpha value is -0.310. The molecule has 1 rings (SSSR count). The third-order valence-electron chi connectivity index (χ3n) is 2.23. The Kier molecular flexibility index (Phi) is 3.97. The highest BCUT2D eigenvalue weighted by Gasteiger charge is 2.12. The van der Waals surface area contributed by atoms with Crippen LogP contribution in [0.3, 0.4) is 0 Å². The topological polar surface area (TPSA) is 17.8 Å². The van der Waals surface area contributed by atoms with E-state index in [1.165, 1.54) is 5.69 Å². The highest BCUT2D eigenvalue weighted by Crippen LogP contribution is 2.22. The summed E-state index contributed by atoms with van der Waals surface area (Å²) in [5.74, 6) is 0.580. The van der Waals surface area contributed by atoms with Crippen LogP contribution in [0.4, 0.5) is 0 Å². The highest BCUT2D eigenvalue weighted by atomic mass is 79.9. The van der Waals surface area contributed by atoms with Gasteiger partial charge in [0.05, 0.1) is 0 Å². The first-order valence-electron chi connectivity index (χ1n) is 4.81. The van der Waals surface area contributed by atoms with Crippen molar-refractivity contribution in [1.29, 1.82) is 0 Å². The number of alkyl halides is 1. The van der Waals surface area contributed by atoms with Crippen LogP contribution in [-0.4, -0.2) is 14.6 Å². The molecule has 2 atom stereocenters. The second-order valence-corrected chi connectivity index (χ2v) is 5.05. The predicted octanol–water partition coefficient (Wildman–Crippen LogP) is 3.18. The Balaban J connectivity index is 2.69. The van der Waals surface area contributed by atoms with Crippen LogP contribution < -0.4 is 0 Å². The minimum atomic E-state index is 0.572. The fraction of sp³-hybridized carbons (Fsp3) is 0.700. The van der Waals surface area contributed by atoms with Gasteiger partial charge in [0, 0.05) is 23.3 Å². The summed E-state index contributed by atoms with van der Waals surface area (Å²) in [5.41, 5.74) is 1.34. The van der Waals surface area contributed by atoms with Gasteiger partial charge in [-0.2, -0.15) is 5.10 Å². The van der Waals surface area contributed by atoms with E-state index >= 15 is 0 Å². The molecule has 2 unspecified atom stereocenters. The van der Waals surface area contributed by atoms with E-state index in [1.807, 2.05) is 6.20 Å². The predicted molar refractivity (Wildman–Crippen MR) is 59.3 cm³/mol.